The van der Waals surface area contributed by atoms with Crippen LogP contribution < -0.4 is 10.6 Å². The maximum atomic E-state index is 12.8. The second-order valence-corrected chi connectivity index (χ2v) is 9.22. The van der Waals surface area contributed by atoms with Crippen molar-refractivity contribution >= 4 is 11.6 Å². The monoisotopic (exact) mass is 406 g/mol. The van der Waals surface area contributed by atoms with E-state index in [0.29, 0.717) is 12.5 Å². The van der Waals surface area contributed by atoms with Crippen molar-refractivity contribution in [2.45, 2.75) is 56.8 Å². The molecule has 5 nitrogen and oxygen atoms in total. The Morgan fingerprint density at radius 3 is 2.87 bits per heavy atom. The quantitative estimate of drug-likeness (QED) is 0.707. The summed E-state index contributed by atoms with van der Waals surface area (Å²) in [5, 5.41) is 16.2. The van der Waals surface area contributed by atoms with Crippen LogP contribution in [0.25, 0.3) is 0 Å². The molecule has 2 aliphatic heterocycles. The number of aliphatic hydroxyl groups excluding tert-OH is 1. The minimum absolute atomic E-state index is 0.0219. The van der Waals surface area contributed by atoms with Crippen molar-refractivity contribution < 1.29 is 14.6 Å². The first-order valence-corrected chi connectivity index (χ1v) is 11.0. The van der Waals surface area contributed by atoms with Crippen LogP contribution in [0.4, 0.5) is 5.69 Å². The normalized spacial score (nSPS) is 26.8. The zero-order chi connectivity index (χ0) is 20.9. The molecule has 5 rings (SSSR count). The average molecular weight is 407 g/mol. The van der Waals surface area contributed by atoms with Gasteiger partial charge in [-0.1, -0.05) is 42.0 Å². The molecule has 3 N–H and O–H groups in total. The molecule has 2 aromatic rings. The van der Waals surface area contributed by atoms with Gasteiger partial charge in [0.05, 0.1) is 23.7 Å². The minimum atomic E-state index is -0.538. The predicted octanol–water partition coefficient (Wildman–Crippen LogP) is 3.77. The molecule has 1 saturated carbocycles. The molecule has 0 unspecified atom stereocenters. The van der Waals surface area contributed by atoms with E-state index in [0.717, 1.165) is 37.1 Å². The van der Waals surface area contributed by atoms with Crippen molar-refractivity contribution in [3.05, 3.63) is 64.7 Å². The van der Waals surface area contributed by atoms with E-state index in [9.17, 15) is 9.90 Å². The molecule has 1 aliphatic carbocycles. The third-order valence-electron chi connectivity index (χ3n) is 6.93. The number of aryl methyl sites for hydroxylation is 1. The maximum Gasteiger partial charge on any atom is 0.230 e. The van der Waals surface area contributed by atoms with E-state index in [1.165, 1.54) is 16.7 Å². The number of rotatable bonds is 5. The van der Waals surface area contributed by atoms with Gasteiger partial charge in [0.1, 0.15) is 0 Å². The van der Waals surface area contributed by atoms with Gasteiger partial charge < -0.3 is 20.5 Å². The van der Waals surface area contributed by atoms with Crippen molar-refractivity contribution in [1.29, 1.82) is 0 Å². The van der Waals surface area contributed by atoms with Crippen LogP contribution in [-0.2, 0) is 14.9 Å². The van der Waals surface area contributed by atoms with Gasteiger partial charge in [-0.15, -0.1) is 0 Å². The topological polar surface area (TPSA) is 70.6 Å². The highest BCUT2D eigenvalue weighted by molar-refractivity contribution is 5.91. The number of fused-ring (bicyclic) bond motifs is 3. The maximum absolute atomic E-state index is 12.8. The summed E-state index contributed by atoms with van der Waals surface area (Å²) >= 11 is 0. The van der Waals surface area contributed by atoms with Crippen LogP contribution in [-0.4, -0.2) is 30.3 Å². The number of nitrogens with one attached hydrogen (secondary N) is 2. The largest absolute Gasteiger partial charge is 0.392 e. The van der Waals surface area contributed by atoms with Crippen molar-refractivity contribution in [3.8, 4) is 0 Å². The molecule has 2 fully saturated rings. The summed E-state index contributed by atoms with van der Waals surface area (Å²) in [6, 6.07) is 15.3. The number of carbonyl (C=O) groups is 1. The number of hydrogen-bond acceptors (Lipinski definition) is 4. The van der Waals surface area contributed by atoms with Crippen molar-refractivity contribution in [1.82, 2.24) is 5.32 Å². The summed E-state index contributed by atoms with van der Waals surface area (Å²) < 4.78 is 6.22. The Bertz CT molecular complexity index is 967. The van der Waals surface area contributed by atoms with Crippen LogP contribution in [0, 0.1) is 12.8 Å². The fourth-order valence-corrected chi connectivity index (χ4v) is 5.15. The first-order valence-electron chi connectivity index (χ1n) is 11.0. The Balaban J connectivity index is 1.46. The third-order valence-corrected chi connectivity index (χ3v) is 6.93. The van der Waals surface area contributed by atoms with Crippen LogP contribution in [0.15, 0.2) is 42.5 Å². The summed E-state index contributed by atoms with van der Waals surface area (Å²) in [6.45, 7) is 4.88. The lowest BCUT2D eigenvalue weighted by atomic mass is 9.79. The molecule has 0 radical (unpaired) electrons. The summed E-state index contributed by atoms with van der Waals surface area (Å²) in [5.41, 5.74) is 5.47. The van der Waals surface area contributed by atoms with Crippen LogP contribution in [0.5, 0.6) is 0 Å². The van der Waals surface area contributed by atoms with E-state index in [2.05, 4.69) is 60.0 Å². The van der Waals surface area contributed by atoms with Gasteiger partial charge in [-0.2, -0.15) is 0 Å². The number of amides is 1. The van der Waals surface area contributed by atoms with Gasteiger partial charge in [0.2, 0.25) is 5.91 Å². The average Bonchev–Trinajstić information content (AvgIpc) is 3.40. The minimum Gasteiger partial charge on any atom is -0.392 e. The fraction of sp³-hybridized carbons (Fsp3) is 0.480. The van der Waals surface area contributed by atoms with Gasteiger partial charge in [0, 0.05) is 30.3 Å². The second kappa shape index (κ2) is 7.40. The van der Waals surface area contributed by atoms with Crippen molar-refractivity contribution in [2.24, 2.45) is 5.92 Å². The van der Waals surface area contributed by atoms with E-state index in [-0.39, 0.29) is 18.1 Å². The summed E-state index contributed by atoms with van der Waals surface area (Å²) in [7, 11) is 0. The molecule has 0 spiro atoms. The first-order chi connectivity index (χ1) is 14.5. The predicted molar refractivity (Wildman–Crippen MR) is 116 cm³/mol. The molecular weight excluding hydrogens is 376 g/mol. The number of aliphatic hydroxyl groups is 1. The molecule has 3 aliphatic rings. The van der Waals surface area contributed by atoms with Crippen LogP contribution in [0.1, 0.15) is 60.6 Å². The molecule has 5 heteroatoms. The van der Waals surface area contributed by atoms with E-state index in [4.69, 9.17) is 4.74 Å². The Kier molecular flexibility index (Phi) is 4.83. The number of ether oxygens (including phenoxy) is 1. The molecular formula is C25H30N2O3. The van der Waals surface area contributed by atoms with Crippen LogP contribution >= 0.6 is 0 Å². The molecule has 1 amide bonds. The second-order valence-electron chi connectivity index (χ2n) is 9.22. The molecule has 30 heavy (non-hydrogen) atoms. The zero-order valence-electron chi connectivity index (χ0n) is 17.7. The Labute approximate surface area is 177 Å². The lowest BCUT2D eigenvalue weighted by molar-refractivity contribution is -0.124. The standard InChI is InChI=1S/C25H30N2O3/c1-15-4-3-5-17(12-15)22-19-8-11-30-23(19)20-13-18(6-7-21(20)27-22)25(9-10-25)24(29)26-14-16(2)28/h3-7,12-13,16,19,22-23,27-28H,8-11,14H2,1-2H3,(H,26,29)/t16-,19+,22+,23+/m0/s1. The van der Waals surface area contributed by atoms with E-state index >= 15 is 0 Å². The number of anilines is 1. The third kappa shape index (κ3) is 3.30. The molecule has 4 atom stereocenters. The lowest BCUT2D eigenvalue weighted by Gasteiger charge is -2.37. The molecule has 2 heterocycles. The summed E-state index contributed by atoms with van der Waals surface area (Å²) in [5.74, 6) is 0.405. The number of benzene rings is 2. The molecule has 158 valence electrons. The molecule has 0 aromatic heterocycles. The van der Waals surface area contributed by atoms with Gasteiger partial charge in [-0.25, -0.2) is 0 Å². The summed E-state index contributed by atoms with van der Waals surface area (Å²) in [6.07, 6.45) is 2.25. The van der Waals surface area contributed by atoms with E-state index < -0.39 is 11.5 Å². The summed E-state index contributed by atoms with van der Waals surface area (Å²) in [4.78, 5) is 12.8. The van der Waals surface area contributed by atoms with Gasteiger partial charge in [0.25, 0.3) is 0 Å². The first kappa shape index (κ1) is 19.6. The Morgan fingerprint density at radius 2 is 2.13 bits per heavy atom. The van der Waals surface area contributed by atoms with Crippen LogP contribution in [0.3, 0.4) is 0 Å². The van der Waals surface area contributed by atoms with Gasteiger partial charge in [0.15, 0.2) is 0 Å². The highest BCUT2D eigenvalue weighted by Crippen LogP contribution is 2.53. The van der Waals surface area contributed by atoms with Crippen LogP contribution in [0.2, 0.25) is 0 Å². The van der Waals surface area contributed by atoms with E-state index in [1.54, 1.807) is 6.92 Å². The van der Waals surface area contributed by atoms with Crippen molar-refractivity contribution in [2.75, 3.05) is 18.5 Å². The van der Waals surface area contributed by atoms with E-state index in [1.807, 2.05) is 0 Å². The van der Waals surface area contributed by atoms with Gasteiger partial charge in [-0.3, -0.25) is 4.79 Å². The van der Waals surface area contributed by atoms with Crippen molar-refractivity contribution in [3.63, 3.8) is 0 Å². The lowest BCUT2D eigenvalue weighted by Crippen LogP contribution is -2.38. The van der Waals surface area contributed by atoms with Gasteiger partial charge >= 0.3 is 0 Å². The zero-order valence-corrected chi connectivity index (χ0v) is 17.7. The smallest absolute Gasteiger partial charge is 0.230 e. The molecule has 2 aromatic carbocycles. The Morgan fingerprint density at radius 1 is 1.30 bits per heavy atom. The SMILES string of the molecule is Cc1cccc([C@H]2Nc3ccc(C4(C(=O)NC[C@H](C)O)CC4)cc3[C@@H]3OCC[C@H]23)c1. The number of carbonyl (C=O) groups excluding carboxylic acids is 1. The number of hydrogen-bond donors (Lipinski definition) is 3. The highest BCUT2D eigenvalue weighted by atomic mass is 16.5. The fourth-order valence-electron chi connectivity index (χ4n) is 5.15. The van der Waals surface area contributed by atoms with Gasteiger partial charge in [-0.05, 0) is 50.3 Å². The molecule has 1 saturated heterocycles. The molecule has 0 bridgehead atoms. The highest BCUT2D eigenvalue weighted by Gasteiger charge is 2.52. The Hall–Kier alpha value is -2.37.